The van der Waals surface area contributed by atoms with Crippen molar-refractivity contribution in [3.8, 4) is 0 Å². The van der Waals surface area contributed by atoms with Gasteiger partial charge in [-0.1, -0.05) is 0 Å². The van der Waals surface area contributed by atoms with E-state index in [-0.39, 0.29) is 5.54 Å². The molecule has 3 rings (SSSR count). The number of aromatic nitrogens is 2. The lowest BCUT2D eigenvalue weighted by Gasteiger charge is -2.28. The first-order valence-electron chi connectivity index (χ1n) is 7.37. The van der Waals surface area contributed by atoms with Crippen molar-refractivity contribution in [2.24, 2.45) is 0 Å². The quantitative estimate of drug-likeness (QED) is 0.946. The van der Waals surface area contributed by atoms with Crippen molar-refractivity contribution in [3.05, 3.63) is 40.0 Å². The highest BCUT2D eigenvalue weighted by molar-refractivity contribution is 7.10. The van der Waals surface area contributed by atoms with Crippen LogP contribution in [0.5, 0.6) is 0 Å². The molecule has 1 N–H and O–H groups in total. The predicted octanol–water partition coefficient (Wildman–Crippen LogP) is 2.99. The number of anilines is 1. The van der Waals surface area contributed by atoms with Crippen LogP contribution in [-0.4, -0.2) is 22.1 Å². The minimum atomic E-state index is 0.0917. The summed E-state index contributed by atoms with van der Waals surface area (Å²) in [5.41, 5.74) is 2.53. The summed E-state index contributed by atoms with van der Waals surface area (Å²) >= 11 is 1.86. The Labute approximate surface area is 130 Å². The summed E-state index contributed by atoms with van der Waals surface area (Å²) in [6.45, 7) is 9.21. The Morgan fingerprint density at radius 1 is 1.33 bits per heavy atom. The second-order valence-corrected chi connectivity index (χ2v) is 7.51. The lowest BCUT2D eigenvalue weighted by Crippen LogP contribution is -2.35. The summed E-state index contributed by atoms with van der Waals surface area (Å²) in [5.74, 6) is 0.986. The van der Waals surface area contributed by atoms with E-state index in [4.69, 9.17) is 4.98 Å². The number of fused-ring (bicyclic) bond motifs is 1. The Kier molecular flexibility index (Phi) is 3.95. The molecule has 112 valence electrons. The van der Waals surface area contributed by atoms with E-state index in [1.807, 2.05) is 23.7 Å². The summed E-state index contributed by atoms with van der Waals surface area (Å²) in [4.78, 5) is 13.0. The van der Waals surface area contributed by atoms with Gasteiger partial charge >= 0.3 is 0 Å². The fourth-order valence-corrected chi connectivity index (χ4v) is 3.32. The summed E-state index contributed by atoms with van der Waals surface area (Å²) in [6, 6.07) is 2.23. The van der Waals surface area contributed by atoms with Crippen LogP contribution in [0.1, 0.15) is 36.9 Å². The molecule has 0 fully saturated rings. The third-order valence-electron chi connectivity index (χ3n) is 3.60. The van der Waals surface area contributed by atoms with Gasteiger partial charge in [-0.05, 0) is 44.2 Å². The first-order chi connectivity index (χ1) is 10.0. The van der Waals surface area contributed by atoms with E-state index < -0.39 is 0 Å². The Bertz CT molecular complexity index is 615. The second kappa shape index (κ2) is 5.73. The van der Waals surface area contributed by atoms with Crippen molar-refractivity contribution in [3.63, 3.8) is 0 Å². The fraction of sp³-hybridized carbons (Fsp3) is 0.500. The third-order valence-corrected chi connectivity index (χ3v) is 4.63. The number of rotatable bonds is 3. The molecule has 2 aromatic rings. The van der Waals surface area contributed by atoms with Crippen LogP contribution in [0.25, 0.3) is 0 Å². The highest BCUT2D eigenvalue weighted by Gasteiger charge is 2.19. The van der Waals surface area contributed by atoms with Crippen LogP contribution in [-0.2, 0) is 19.5 Å². The lowest BCUT2D eigenvalue weighted by molar-refractivity contribution is 0.421. The van der Waals surface area contributed by atoms with Gasteiger partial charge in [0.25, 0.3) is 0 Å². The standard InChI is InChI=1S/C16H22N4S/c1-16(2,3)18-9-13-8-17-10-15(19-13)20-6-4-14-12(11-20)5-7-21-14/h5,7-8,10,18H,4,6,9,11H2,1-3H3. The van der Waals surface area contributed by atoms with E-state index in [1.54, 1.807) is 0 Å². The molecule has 1 aliphatic heterocycles. The summed E-state index contributed by atoms with van der Waals surface area (Å²) < 4.78 is 0. The van der Waals surface area contributed by atoms with Crippen molar-refractivity contribution in [1.82, 2.24) is 15.3 Å². The zero-order valence-electron chi connectivity index (χ0n) is 12.9. The van der Waals surface area contributed by atoms with Gasteiger partial charge in [-0.3, -0.25) is 4.98 Å². The van der Waals surface area contributed by atoms with Crippen LogP contribution in [0.2, 0.25) is 0 Å². The summed E-state index contributed by atoms with van der Waals surface area (Å²) in [6.07, 6.45) is 4.83. The molecular weight excluding hydrogens is 280 g/mol. The van der Waals surface area contributed by atoms with Gasteiger partial charge in [0.15, 0.2) is 0 Å². The predicted molar refractivity (Wildman–Crippen MR) is 87.7 cm³/mol. The molecule has 0 saturated carbocycles. The minimum absolute atomic E-state index is 0.0917. The molecule has 5 heteroatoms. The highest BCUT2D eigenvalue weighted by atomic mass is 32.1. The van der Waals surface area contributed by atoms with Gasteiger partial charge < -0.3 is 10.2 Å². The topological polar surface area (TPSA) is 41.1 Å². The maximum Gasteiger partial charge on any atom is 0.147 e. The van der Waals surface area contributed by atoms with Crippen LogP contribution in [0, 0.1) is 0 Å². The van der Waals surface area contributed by atoms with Gasteiger partial charge in [-0.15, -0.1) is 11.3 Å². The average Bonchev–Trinajstić information content (AvgIpc) is 2.92. The Morgan fingerprint density at radius 2 is 2.19 bits per heavy atom. The van der Waals surface area contributed by atoms with Gasteiger partial charge in [0.1, 0.15) is 5.82 Å². The van der Waals surface area contributed by atoms with Crippen LogP contribution in [0.3, 0.4) is 0 Å². The maximum absolute atomic E-state index is 4.76. The lowest BCUT2D eigenvalue weighted by atomic mass is 10.1. The average molecular weight is 302 g/mol. The second-order valence-electron chi connectivity index (χ2n) is 6.51. The maximum atomic E-state index is 4.76. The number of hydrogen-bond donors (Lipinski definition) is 1. The molecule has 0 atom stereocenters. The highest BCUT2D eigenvalue weighted by Crippen LogP contribution is 2.26. The van der Waals surface area contributed by atoms with Gasteiger partial charge in [-0.2, -0.15) is 0 Å². The van der Waals surface area contributed by atoms with Crippen molar-refractivity contribution in [2.45, 2.75) is 45.8 Å². The molecule has 0 amide bonds. The minimum Gasteiger partial charge on any atom is -0.351 e. The smallest absolute Gasteiger partial charge is 0.147 e. The Morgan fingerprint density at radius 3 is 3.00 bits per heavy atom. The van der Waals surface area contributed by atoms with Crippen LogP contribution >= 0.6 is 11.3 Å². The summed E-state index contributed by atoms with van der Waals surface area (Å²) in [5, 5.41) is 5.64. The fourth-order valence-electron chi connectivity index (χ4n) is 2.43. The first kappa shape index (κ1) is 14.5. The van der Waals surface area contributed by atoms with Crippen LogP contribution in [0.4, 0.5) is 5.82 Å². The molecule has 3 heterocycles. The van der Waals surface area contributed by atoms with Crippen molar-refractivity contribution >= 4 is 17.2 Å². The molecule has 0 spiro atoms. The monoisotopic (exact) mass is 302 g/mol. The van der Waals surface area contributed by atoms with Gasteiger partial charge in [0.2, 0.25) is 0 Å². The number of nitrogens with zero attached hydrogens (tertiary/aromatic N) is 3. The molecule has 1 aliphatic rings. The Hall–Kier alpha value is -1.46. The van der Waals surface area contributed by atoms with Crippen LogP contribution < -0.4 is 10.2 Å². The normalized spacial score (nSPS) is 15.1. The zero-order chi connectivity index (χ0) is 14.9. The van der Waals surface area contributed by atoms with Gasteiger partial charge in [0, 0.05) is 36.2 Å². The van der Waals surface area contributed by atoms with Crippen LogP contribution in [0.15, 0.2) is 23.8 Å². The van der Waals surface area contributed by atoms with E-state index in [9.17, 15) is 0 Å². The van der Waals surface area contributed by atoms with Crippen molar-refractivity contribution in [1.29, 1.82) is 0 Å². The van der Waals surface area contributed by atoms with Crippen molar-refractivity contribution < 1.29 is 0 Å². The number of nitrogens with one attached hydrogen (secondary N) is 1. The third kappa shape index (κ3) is 3.60. The molecule has 4 nitrogen and oxygen atoms in total. The molecule has 0 saturated heterocycles. The zero-order valence-corrected chi connectivity index (χ0v) is 13.7. The molecule has 0 bridgehead atoms. The Balaban J connectivity index is 1.72. The molecule has 21 heavy (non-hydrogen) atoms. The van der Waals surface area contributed by atoms with E-state index in [0.29, 0.717) is 0 Å². The van der Waals surface area contributed by atoms with E-state index >= 15 is 0 Å². The van der Waals surface area contributed by atoms with Gasteiger partial charge in [0.05, 0.1) is 11.9 Å². The van der Waals surface area contributed by atoms with Crippen molar-refractivity contribution in [2.75, 3.05) is 11.4 Å². The summed E-state index contributed by atoms with van der Waals surface area (Å²) in [7, 11) is 0. The van der Waals surface area contributed by atoms with E-state index in [0.717, 1.165) is 37.6 Å². The molecule has 0 radical (unpaired) electrons. The molecule has 0 aromatic carbocycles. The molecule has 0 unspecified atom stereocenters. The van der Waals surface area contributed by atoms with E-state index in [2.05, 4.69) is 47.4 Å². The SMILES string of the molecule is CC(C)(C)NCc1cncc(N2CCc3sccc3C2)n1. The number of thiophene rings is 1. The first-order valence-corrected chi connectivity index (χ1v) is 8.25. The molecule has 2 aromatic heterocycles. The molecule has 0 aliphatic carbocycles. The van der Waals surface area contributed by atoms with Gasteiger partial charge in [-0.25, -0.2) is 4.98 Å². The molecular formula is C16H22N4S. The largest absolute Gasteiger partial charge is 0.351 e. The number of hydrogen-bond acceptors (Lipinski definition) is 5. The van der Waals surface area contributed by atoms with E-state index in [1.165, 1.54) is 10.4 Å².